The molecule has 0 unspecified atom stereocenters. The average molecular weight is 545 g/mol. The van der Waals surface area contributed by atoms with E-state index in [1.54, 1.807) is 18.2 Å². The number of rotatable bonds is 4. The summed E-state index contributed by atoms with van der Waals surface area (Å²) in [6.07, 6.45) is -4.53. The second kappa shape index (κ2) is 8.55. The minimum absolute atomic E-state index is 0.0228. The fourth-order valence-electron chi connectivity index (χ4n) is 3.60. The number of alkyl halides is 3. The van der Waals surface area contributed by atoms with Crippen molar-refractivity contribution in [1.82, 2.24) is 15.3 Å². The van der Waals surface area contributed by atoms with Crippen molar-refractivity contribution in [3.05, 3.63) is 86.9 Å². The number of hydrogen-bond donors (Lipinski definition) is 2. The van der Waals surface area contributed by atoms with E-state index in [9.17, 15) is 22.8 Å². The SMILES string of the molecule is O=C(Nc1ccc(Br)cc1-c1noc(=O)[nH]1)c1noc2cc(-c3ccccc3C(F)(F)F)ccc12. The van der Waals surface area contributed by atoms with Gasteiger partial charge in [-0.15, -0.1) is 0 Å². The molecule has 0 fully saturated rings. The molecule has 0 radical (unpaired) electrons. The highest BCUT2D eigenvalue weighted by molar-refractivity contribution is 9.10. The summed E-state index contributed by atoms with van der Waals surface area (Å²) in [5.74, 6) is -1.30. The van der Waals surface area contributed by atoms with E-state index in [-0.39, 0.29) is 28.2 Å². The molecule has 2 aromatic heterocycles. The first-order valence-corrected chi connectivity index (χ1v) is 10.7. The van der Waals surface area contributed by atoms with E-state index >= 15 is 0 Å². The number of nitrogens with one attached hydrogen (secondary N) is 2. The Bertz CT molecular complexity index is 1640. The van der Waals surface area contributed by atoms with Gasteiger partial charge in [0.25, 0.3) is 5.91 Å². The van der Waals surface area contributed by atoms with Gasteiger partial charge in [-0.2, -0.15) is 13.2 Å². The molecule has 8 nitrogen and oxygen atoms in total. The molecule has 12 heteroatoms. The van der Waals surface area contributed by atoms with Gasteiger partial charge in [0, 0.05) is 10.0 Å². The van der Waals surface area contributed by atoms with Crippen LogP contribution in [0.2, 0.25) is 0 Å². The number of aromatic amines is 1. The number of nitrogens with zero attached hydrogens (tertiary/aromatic N) is 2. The summed E-state index contributed by atoms with van der Waals surface area (Å²) in [5, 5.41) is 10.4. The van der Waals surface area contributed by atoms with Crippen LogP contribution in [0.15, 0.2) is 79.0 Å². The molecule has 1 amide bonds. The molecular formula is C23H12BrF3N4O4. The van der Waals surface area contributed by atoms with E-state index < -0.39 is 23.4 Å². The Labute approximate surface area is 201 Å². The Morgan fingerprint density at radius 2 is 1.77 bits per heavy atom. The Morgan fingerprint density at radius 3 is 2.51 bits per heavy atom. The number of benzene rings is 3. The molecule has 0 spiro atoms. The normalized spacial score (nSPS) is 11.7. The van der Waals surface area contributed by atoms with Crippen molar-refractivity contribution in [2.24, 2.45) is 0 Å². The van der Waals surface area contributed by atoms with Crippen molar-refractivity contribution in [2.75, 3.05) is 5.32 Å². The van der Waals surface area contributed by atoms with Crippen LogP contribution in [-0.4, -0.2) is 21.2 Å². The topological polar surface area (TPSA) is 114 Å². The molecule has 0 aliphatic carbocycles. The van der Waals surface area contributed by atoms with Crippen LogP contribution in [0.25, 0.3) is 33.5 Å². The summed E-state index contributed by atoms with van der Waals surface area (Å²) >= 11 is 3.32. The van der Waals surface area contributed by atoms with Crippen LogP contribution >= 0.6 is 15.9 Å². The number of fused-ring (bicyclic) bond motifs is 1. The van der Waals surface area contributed by atoms with Crippen molar-refractivity contribution >= 4 is 38.5 Å². The van der Waals surface area contributed by atoms with Crippen molar-refractivity contribution in [2.45, 2.75) is 6.18 Å². The van der Waals surface area contributed by atoms with Crippen LogP contribution in [-0.2, 0) is 6.18 Å². The van der Waals surface area contributed by atoms with Crippen LogP contribution in [0.3, 0.4) is 0 Å². The smallest absolute Gasteiger partial charge is 0.355 e. The molecule has 0 bridgehead atoms. The van der Waals surface area contributed by atoms with Gasteiger partial charge in [0.15, 0.2) is 17.1 Å². The Balaban J connectivity index is 1.49. The van der Waals surface area contributed by atoms with E-state index in [0.717, 1.165) is 6.07 Å². The first-order valence-electron chi connectivity index (χ1n) is 9.94. The third-order valence-electron chi connectivity index (χ3n) is 5.16. The van der Waals surface area contributed by atoms with Gasteiger partial charge >= 0.3 is 11.9 Å². The van der Waals surface area contributed by atoms with Gasteiger partial charge < -0.3 is 9.84 Å². The molecule has 0 aliphatic heterocycles. The number of aromatic nitrogens is 3. The third kappa shape index (κ3) is 4.35. The number of amides is 1. The molecule has 0 aliphatic rings. The fourth-order valence-corrected chi connectivity index (χ4v) is 3.96. The Morgan fingerprint density at radius 1 is 0.971 bits per heavy atom. The van der Waals surface area contributed by atoms with Crippen LogP contribution in [0, 0.1) is 0 Å². The van der Waals surface area contributed by atoms with Gasteiger partial charge in [-0.1, -0.05) is 50.5 Å². The second-order valence-corrected chi connectivity index (χ2v) is 8.29. The predicted octanol–water partition coefficient (Wildman–Crippen LogP) is 5.87. The molecule has 2 heterocycles. The first kappa shape index (κ1) is 22.6. The first-order chi connectivity index (χ1) is 16.7. The van der Waals surface area contributed by atoms with Crippen molar-refractivity contribution in [1.29, 1.82) is 0 Å². The lowest BCUT2D eigenvalue weighted by atomic mass is 9.98. The fraction of sp³-hybridized carbons (Fsp3) is 0.0435. The van der Waals surface area contributed by atoms with Gasteiger partial charge in [-0.3, -0.25) is 14.3 Å². The Kier molecular flexibility index (Phi) is 5.52. The molecule has 0 saturated carbocycles. The quantitative estimate of drug-likeness (QED) is 0.292. The molecule has 176 valence electrons. The number of carbonyl (C=O) groups excluding carboxylic acids is 1. The average Bonchev–Trinajstić information content (AvgIpc) is 3.45. The van der Waals surface area contributed by atoms with Crippen molar-refractivity contribution in [3.8, 4) is 22.5 Å². The predicted molar refractivity (Wildman–Crippen MR) is 123 cm³/mol. The number of anilines is 1. The van der Waals surface area contributed by atoms with Gasteiger partial charge in [0.05, 0.1) is 16.6 Å². The zero-order valence-corrected chi connectivity index (χ0v) is 18.9. The molecule has 35 heavy (non-hydrogen) atoms. The highest BCUT2D eigenvalue weighted by atomic mass is 79.9. The summed E-state index contributed by atoms with van der Waals surface area (Å²) in [4.78, 5) is 26.8. The molecular weight excluding hydrogens is 533 g/mol. The largest absolute Gasteiger partial charge is 0.439 e. The number of hydrogen-bond acceptors (Lipinski definition) is 6. The number of halogens is 4. The molecule has 0 saturated heterocycles. The highest BCUT2D eigenvalue weighted by Crippen LogP contribution is 2.38. The number of H-pyrrole nitrogens is 1. The van der Waals surface area contributed by atoms with Crippen molar-refractivity contribution in [3.63, 3.8) is 0 Å². The second-order valence-electron chi connectivity index (χ2n) is 7.37. The van der Waals surface area contributed by atoms with Crippen LogP contribution in [0.1, 0.15) is 16.1 Å². The van der Waals surface area contributed by atoms with Gasteiger partial charge in [0.1, 0.15) is 0 Å². The molecule has 5 aromatic rings. The van der Waals surface area contributed by atoms with E-state index in [0.29, 0.717) is 21.1 Å². The van der Waals surface area contributed by atoms with Crippen LogP contribution < -0.4 is 11.1 Å². The van der Waals surface area contributed by atoms with E-state index in [4.69, 9.17) is 4.52 Å². The monoisotopic (exact) mass is 544 g/mol. The third-order valence-corrected chi connectivity index (χ3v) is 5.65. The summed E-state index contributed by atoms with van der Waals surface area (Å²) in [5.41, 5.74) is 0.196. The summed E-state index contributed by atoms with van der Waals surface area (Å²) < 4.78 is 50.7. The lowest BCUT2D eigenvalue weighted by Gasteiger charge is -2.12. The maximum atomic E-state index is 13.4. The highest BCUT2D eigenvalue weighted by Gasteiger charge is 2.33. The zero-order chi connectivity index (χ0) is 24.7. The van der Waals surface area contributed by atoms with Gasteiger partial charge in [-0.25, -0.2) is 4.79 Å². The lowest BCUT2D eigenvalue weighted by molar-refractivity contribution is -0.137. The summed E-state index contributed by atoms with van der Waals surface area (Å²) in [6.45, 7) is 0. The Hall–Kier alpha value is -4.19. The van der Waals surface area contributed by atoms with E-state index in [1.165, 1.54) is 36.4 Å². The van der Waals surface area contributed by atoms with E-state index in [2.05, 4.69) is 41.1 Å². The lowest BCUT2D eigenvalue weighted by Crippen LogP contribution is -2.13. The van der Waals surface area contributed by atoms with Gasteiger partial charge in [0.2, 0.25) is 0 Å². The molecule has 2 N–H and O–H groups in total. The van der Waals surface area contributed by atoms with Crippen LogP contribution in [0.5, 0.6) is 0 Å². The minimum Gasteiger partial charge on any atom is -0.355 e. The van der Waals surface area contributed by atoms with Gasteiger partial charge in [-0.05, 0) is 47.5 Å². The summed E-state index contributed by atoms with van der Waals surface area (Å²) in [6, 6.07) is 14.4. The zero-order valence-electron chi connectivity index (χ0n) is 17.3. The minimum atomic E-state index is -4.53. The van der Waals surface area contributed by atoms with Crippen molar-refractivity contribution < 1.29 is 27.0 Å². The maximum absolute atomic E-state index is 13.4. The summed E-state index contributed by atoms with van der Waals surface area (Å²) in [7, 11) is 0. The number of carbonyl (C=O) groups is 1. The van der Waals surface area contributed by atoms with E-state index in [1.807, 2.05) is 0 Å². The standard InChI is InChI=1S/C23H12BrF3N4O4/c24-12-6-8-17(15(10-12)20-29-22(33)35-31-20)28-21(32)19-14-7-5-11(9-18(14)34-30-19)13-3-1-2-4-16(13)23(25,26)27/h1-10H,(H,28,32)(H,29,31,33). The molecule has 5 rings (SSSR count). The molecule has 3 aromatic carbocycles. The maximum Gasteiger partial charge on any atom is 0.439 e. The molecule has 0 atom stereocenters. The van der Waals surface area contributed by atoms with Crippen LogP contribution in [0.4, 0.5) is 18.9 Å².